The molecule has 3 saturated carbocycles. The molecule has 0 aromatic carbocycles. The third-order valence-corrected chi connectivity index (χ3v) is 5.18. The van der Waals surface area contributed by atoms with Gasteiger partial charge in [-0.25, -0.2) is 0 Å². The fraction of sp³-hybridized carbons (Fsp3) is 0.706. The van der Waals surface area contributed by atoms with Gasteiger partial charge in [0.15, 0.2) is 0 Å². The molecule has 3 nitrogen and oxygen atoms in total. The highest BCUT2D eigenvalue weighted by molar-refractivity contribution is 5.82. The van der Waals surface area contributed by atoms with Crippen LogP contribution in [0.15, 0.2) is 16.5 Å². The molecule has 3 aliphatic rings. The van der Waals surface area contributed by atoms with Crippen LogP contribution in [0.1, 0.15) is 57.0 Å². The van der Waals surface area contributed by atoms with Gasteiger partial charge >= 0.3 is 0 Å². The van der Waals surface area contributed by atoms with Gasteiger partial charge in [-0.1, -0.05) is 13.8 Å². The van der Waals surface area contributed by atoms with E-state index >= 15 is 0 Å². The molecule has 1 heterocycles. The summed E-state index contributed by atoms with van der Waals surface area (Å²) in [5.41, 5.74) is 0. The standard InChI is InChI=1S/C17H23NO2/c1-10-7-14(10)16-6-5-13(20-16)9-18(12-3-4-12)17(19)15-8-11(15)2/h5-6,10-12,14-15H,3-4,7-9H2,1-2H3/t10-,11+,14-,15-/m0/s1. The van der Waals surface area contributed by atoms with Crippen molar-refractivity contribution in [3.05, 3.63) is 23.7 Å². The molecule has 1 aromatic rings. The third-order valence-electron chi connectivity index (χ3n) is 5.18. The van der Waals surface area contributed by atoms with Crippen molar-refractivity contribution in [2.75, 3.05) is 0 Å². The van der Waals surface area contributed by atoms with Crippen molar-refractivity contribution in [3.8, 4) is 0 Å². The molecule has 20 heavy (non-hydrogen) atoms. The lowest BCUT2D eigenvalue weighted by atomic mass is 10.2. The van der Waals surface area contributed by atoms with Gasteiger partial charge in [0.2, 0.25) is 5.91 Å². The lowest BCUT2D eigenvalue weighted by Crippen LogP contribution is -2.34. The van der Waals surface area contributed by atoms with E-state index in [-0.39, 0.29) is 5.92 Å². The molecule has 1 amide bonds. The van der Waals surface area contributed by atoms with Crippen molar-refractivity contribution in [3.63, 3.8) is 0 Å². The number of nitrogens with zero attached hydrogens (tertiary/aromatic N) is 1. The highest BCUT2D eigenvalue weighted by Crippen LogP contribution is 2.47. The van der Waals surface area contributed by atoms with E-state index in [0.29, 0.717) is 30.3 Å². The van der Waals surface area contributed by atoms with E-state index in [9.17, 15) is 4.79 Å². The van der Waals surface area contributed by atoms with Gasteiger partial charge in [0.05, 0.1) is 6.54 Å². The quantitative estimate of drug-likeness (QED) is 0.822. The molecule has 0 unspecified atom stereocenters. The number of furan rings is 1. The average Bonchev–Trinajstić information content (AvgIpc) is 3.33. The molecule has 1 aromatic heterocycles. The zero-order chi connectivity index (χ0) is 13.9. The summed E-state index contributed by atoms with van der Waals surface area (Å²) in [5.74, 6) is 4.71. The lowest BCUT2D eigenvalue weighted by molar-refractivity contribution is -0.134. The summed E-state index contributed by atoms with van der Waals surface area (Å²) < 4.78 is 5.97. The monoisotopic (exact) mass is 273 g/mol. The van der Waals surface area contributed by atoms with Crippen molar-refractivity contribution in [2.45, 2.75) is 58.0 Å². The van der Waals surface area contributed by atoms with Gasteiger partial charge in [-0.3, -0.25) is 4.79 Å². The highest BCUT2D eigenvalue weighted by Gasteiger charge is 2.45. The molecule has 3 fully saturated rings. The highest BCUT2D eigenvalue weighted by atomic mass is 16.3. The van der Waals surface area contributed by atoms with Gasteiger partial charge in [-0.2, -0.15) is 0 Å². The second-order valence-corrected chi connectivity index (χ2v) is 7.14. The summed E-state index contributed by atoms with van der Waals surface area (Å²) in [6.07, 6.45) is 4.66. The van der Waals surface area contributed by atoms with Crippen LogP contribution >= 0.6 is 0 Å². The Bertz CT molecular complexity index is 531. The molecule has 0 spiro atoms. The smallest absolute Gasteiger partial charge is 0.226 e. The first kappa shape index (κ1) is 12.5. The van der Waals surface area contributed by atoms with Crippen molar-refractivity contribution in [1.82, 2.24) is 4.90 Å². The molecule has 0 radical (unpaired) electrons. The molecule has 0 bridgehead atoms. The maximum Gasteiger partial charge on any atom is 0.226 e. The van der Waals surface area contributed by atoms with E-state index in [1.807, 2.05) is 0 Å². The number of carbonyl (C=O) groups excluding carboxylic acids is 1. The van der Waals surface area contributed by atoms with E-state index in [1.54, 1.807) is 0 Å². The van der Waals surface area contributed by atoms with Crippen molar-refractivity contribution >= 4 is 5.91 Å². The van der Waals surface area contributed by atoms with Gasteiger partial charge in [-0.05, 0) is 49.7 Å². The van der Waals surface area contributed by atoms with Crippen molar-refractivity contribution in [1.29, 1.82) is 0 Å². The molecule has 0 aliphatic heterocycles. The minimum absolute atomic E-state index is 0.286. The zero-order valence-corrected chi connectivity index (χ0v) is 12.3. The van der Waals surface area contributed by atoms with Gasteiger partial charge in [0.25, 0.3) is 0 Å². The first-order chi connectivity index (χ1) is 9.63. The van der Waals surface area contributed by atoms with Crippen molar-refractivity contribution in [2.24, 2.45) is 17.8 Å². The first-order valence-corrected chi connectivity index (χ1v) is 8.02. The number of rotatable bonds is 5. The van der Waals surface area contributed by atoms with Crippen LogP contribution < -0.4 is 0 Å². The Morgan fingerprint density at radius 3 is 2.50 bits per heavy atom. The topological polar surface area (TPSA) is 33.5 Å². The van der Waals surface area contributed by atoms with E-state index in [2.05, 4.69) is 30.9 Å². The molecule has 4 rings (SSSR count). The van der Waals surface area contributed by atoms with Crippen LogP contribution in [-0.4, -0.2) is 16.8 Å². The fourth-order valence-electron chi connectivity index (χ4n) is 3.22. The molecule has 108 valence electrons. The predicted molar refractivity (Wildman–Crippen MR) is 76.1 cm³/mol. The second-order valence-electron chi connectivity index (χ2n) is 7.14. The molecule has 3 heteroatoms. The Balaban J connectivity index is 1.45. The van der Waals surface area contributed by atoms with Crippen LogP contribution in [0.5, 0.6) is 0 Å². The molecule has 3 aliphatic carbocycles. The zero-order valence-electron chi connectivity index (χ0n) is 12.3. The summed E-state index contributed by atoms with van der Waals surface area (Å²) in [7, 11) is 0. The Labute approximate surface area is 120 Å². The molecular formula is C17H23NO2. The second kappa shape index (κ2) is 4.37. The van der Waals surface area contributed by atoms with Crippen LogP contribution in [-0.2, 0) is 11.3 Å². The van der Waals surface area contributed by atoms with Gasteiger partial charge < -0.3 is 9.32 Å². The fourth-order valence-corrected chi connectivity index (χ4v) is 3.22. The molecular weight excluding hydrogens is 250 g/mol. The van der Waals surface area contributed by atoms with Crippen LogP contribution in [0.4, 0.5) is 0 Å². The first-order valence-electron chi connectivity index (χ1n) is 8.02. The maximum atomic E-state index is 12.5. The number of hydrogen-bond donors (Lipinski definition) is 0. The Hall–Kier alpha value is -1.25. The van der Waals surface area contributed by atoms with Gasteiger partial charge in [0, 0.05) is 17.9 Å². The largest absolute Gasteiger partial charge is 0.464 e. The molecule has 4 atom stereocenters. The number of amides is 1. The maximum absolute atomic E-state index is 12.5. The van der Waals surface area contributed by atoms with Crippen LogP contribution in [0.2, 0.25) is 0 Å². The summed E-state index contributed by atoms with van der Waals surface area (Å²) >= 11 is 0. The van der Waals surface area contributed by atoms with Crippen molar-refractivity contribution < 1.29 is 9.21 Å². The Morgan fingerprint density at radius 1 is 1.25 bits per heavy atom. The van der Waals surface area contributed by atoms with Gasteiger partial charge in [-0.15, -0.1) is 0 Å². The number of hydrogen-bond acceptors (Lipinski definition) is 2. The van der Waals surface area contributed by atoms with E-state index in [4.69, 9.17) is 4.42 Å². The molecule has 0 N–H and O–H groups in total. The predicted octanol–water partition coefficient (Wildman–Crippen LogP) is 3.55. The minimum atomic E-state index is 0.286. The summed E-state index contributed by atoms with van der Waals surface area (Å²) in [6.45, 7) is 5.11. The summed E-state index contributed by atoms with van der Waals surface area (Å²) in [6, 6.07) is 4.65. The van der Waals surface area contributed by atoms with Gasteiger partial charge in [0.1, 0.15) is 11.5 Å². The Morgan fingerprint density at radius 2 is 1.95 bits per heavy atom. The average molecular weight is 273 g/mol. The summed E-state index contributed by atoms with van der Waals surface area (Å²) in [4.78, 5) is 14.6. The van der Waals surface area contributed by atoms with E-state index in [0.717, 1.165) is 23.9 Å². The molecule has 0 saturated heterocycles. The summed E-state index contributed by atoms with van der Waals surface area (Å²) in [5, 5.41) is 0. The Kier molecular flexibility index (Phi) is 2.73. The van der Waals surface area contributed by atoms with E-state index in [1.165, 1.54) is 19.3 Å². The van der Waals surface area contributed by atoms with Crippen LogP contribution in [0.3, 0.4) is 0 Å². The minimum Gasteiger partial charge on any atom is -0.464 e. The normalized spacial score (nSPS) is 34.9. The van der Waals surface area contributed by atoms with Crippen LogP contribution in [0, 0.1) is 17.8 Å². The third kappa shape index (κ3) is 2.27. The SMILES string of the molecule is C[C@@H]1C[C@@H]1C(=O)N(Cc1ccc([C@H]2C[C@@H]2C)o1)C1CC1. The lowest BCUT2D eigenvalue weighted by Gasteiger charge is -2.21. The number of carbonyl (C=O) groups is 1. The van der Waals surface area contributed by atoms with Crippen LogP contribution in [0.25, 0.3) is 0 Å². The van der Waals surface area contributed by atoms with E-state index < -0.39 is 0 Å².